The van der Waals surface area contributed by atoms with Crippen molar-refractivity contribution in [3.8, 4) is 0 Å². The van der Waals surface area contributed by atoms with E-state index in [-0.39, 0.29) is 17.5 Å². The van der Waals surface area contributed by atoms with Crippen molar-refractivity contribution in [2.24, 2.45) is 0 Å². The van der Waals surface area contributed by atoms with Crippen molar-refractivity contribution in [2.75, 3.05) is 20.6 Å². The second-order valence-electron chi connectivity index (χ2n) is 4.66. The molecule has 0 spiro atoms. The second-order valence-corrected chi connectivity index (χ2v) is 6.43. The fourth-order valence-corrected chi connectivity index (χ4v) is 2.95. The zero-order chi connectivity index (χ0) is 14.6. The third-order valence-corrected chi connectivity index (χ3v) is 4.45. The topological polar surface area (TPSA) is 62.6 Å². The summed E-state index contributed by atoms with van der Waals surface area (Å²) in [5.41, 5.74) is 0. The van der Waals surface area contributed by atoms with Crippen LogP contribution in [0.25, 0.3) is 0 Å². The van der Waals surface area contributed by atoms with Gasteiger partial charge >= 0.3 is 0 Å². The summed E-state index contributed by atoms with van der Waals surface area (Å²) in [5.74, 6) is 0.728. The molecule has 1 heterocycles. The lowest BCUT2D eigenvalue weighted by Gasteiger charge is -2.22. The minimum Gasteiger partial charge on any atom is -0.468 e. The average molecular weight is 294 g/mol. The number of furan rings is 1. The predicted molar refractivity (Wildman–Crippen MR) is 76.8 cm³/mol. The molecule has 2 rings (SSSR count). The molecule has 1 unspecified atom stereocenters. The van der Waals surface area contributed by atoms with Crippen molar-refractivity contribution < 1.29 is 12.8 Å². The summed E-state index contributed by atoms with van der Waals surface area (Å²) < 4.78 is 32.3. The molecule has 1 atom stereocenters. The number of nitrogens with zero attached hydrogens (tertiary/aromatic N) is 1. The number of hydrogen-bond donors (Lipinski definition) is 1. The number of sulfonamides is 1. The maximum absolute atomic E-state index is 12.2. The molecule has 0 fully saturated rings. The van der Waals surface area contributed by atoms with Crippen molar-refractivity contribution in [1.29, 1.82) is 0 Å². The van der Waals surface area contributed by atoms with Gasteiger partial charge in [-0.25, -0.2) is 13.1 Å². The molecule has 0 aliphatic rings. The monoisotopic (exact) mass is 294 g/mol. The van der Waals surface area contributed by atoms with E-state index >= 15 is 0 Å². The van der Waals surface area contributed by atoms with Crippen LogP contribution in [-0.2, 0) is 10.0 Å². The van der Waals surface area contributed by atoms with Crippen LogP contribution in [0.4, 0.5) is 0 Å². The zero-order valence-electron chi connectivity index (χ0n) is 11.5. The molecule has 1 N–H and O–H groups in total. The third-order valence-electron chi connectivity index (χ3n) is 3.02. The van der Waals surface area contributed by atoms with E-state index in [1.165, 1.54) is 0 Å². The molecule has 0 saturated heterocycles. The summed E-state index contributed by atoms with van der Waals surface area (Å²) in [6.07, 6.45) is 1.58. The van der Waals surface area contributed by atoms with E-state index in [0.29, 0.717) is 0 Å². The first-order valence-corrected chi connectivity index (χ1v) is 7.73. The minimum absolute atomic E-state index is 0.150. The molecule has 2 aromatic rings. The second kappa shape index (κ2) is 6.21. The fourth-order valence-electron chi connectivity index (χ4n) is 1.89. The maximum atomic E-state index is 12.2. The molecule has 0 bridgehead atoms. The van der Waals surface area contributed by atoms with E-state index in [9.17, 15) is 8.42 Å². The molecule has 0 aliphatic heterocycles. The molecule has 0 saturated carbocycles. The molecule has 20 heavy (non-hydrogen) atoms. The lowest BCUT2D eigenvalue weighted by molar-refractivity contribution is 0.259. The fraction of sp³-hybridized carbons (Fsp3) is 0.286. The van der Waals surface area contributed by atoms with Crippen LogP contribution in [0.5, 0.6) is 0 Å². The lowest BCUT2D eigenvalue weighted by Crippen LogP contribution is -2.34. The van der Waals surface area contributed by atoms with E-state index in [4.69, 9.17) is 4.42 Å². The standard InChI is InChI=1S/C14H18N2O3S/c1-16(2)13(14-9-6-10-19-14)11-15-20(17,18)12-7-4-3-5-8-12/h3-10,13,15H,11H2,1-2H3. The van der Waals surface area contributed by atoms with E-state index in [2.05, 4.69) is 4.72 Å². The molecule has 0 amide bonds. The first-order valence-electron chi connectivity index (χ1n) is 6.25. The maximum Gasteiger partial charge on any atom is 0.240 e. The Kier molecular flexibility index (Phi) is 4.59. The molecule has 0 aliphatic carbocycles. The van der Waals surface area contributed by atoms with Gasteiger partial charge in [-0.3, -0.25) is 4.90 Å². The average Bonchev–Trinajstić information content (AvgIpc) is 2.93. The minimum atomic E-state index is -3.50. The van der Waals surface area contributed by atoms with Crippen LogP contribution in [-0.4, -0.2) is 34.0 Å². The van der Waals surface area contributed by atoms with Crippen LogP contribution >= 0.6 is 0 Å². The number of benzene rings is 1. The Morgan fingerprint density at radius 3 is 2.40 bits per heavy atom. The van der Waals surface area contributed by atoms with Gasteiger partial charge in [0.05, 0.1) is 17.2 Å². The highest BCUT2D eigenvalue weighted by Gasteiger charge is 2.21. The predicted octanol–water partition coefficient (Wildman–Crippen LogP) is 1.86. The van der Waals surface area contributed by atoms with E-state index < -0.39 is 10.0 Å². The highest BCUT2D eigenvalue weighted by molar-refractivity contribution is 7.89. The number of rotatable bonds is 6. The van der Waals surface area contributed by atoms with Gasteiger partial charge in [-0.15, -0.1) is 0 Å². The summed E-state index contributed by atoms with van der Waals surface area (Å²) in [6.45, 7) is 0.248. The molecule has 1 aromatic heterocycles. The number of nitrogens with one attached hydrogen (secondary N) is 1. The lowest BCUT2D eigenvalue weighted by atomic mass is 10.2. The van der Waals surface area contributed by atoms with E-state index in [1.54, 1.807) is 42.7 Å². The normalized spacial score (nSPS) is 13.6. The first-order chi connectivity index (χ1) is 9.50. The van der Waals surface area contributed by atoms with Crippen LogP contribution in [0.3, 0.4) is 0 Å². The quantitative estimate of drug-likeness (QED) is 0.883. The van der Waals surface area contributed by atoms with Gasteiger partial charge in [-0.05, 0) is 38.4 Å². The summed E-state index contributed by atoms with van der Waals surface area (Å²) in [7, 11) is 0.260. The van der Waals surface area contributed by atoms with Crippen molar-refractivity contribution in [3.63, 3.8) is 0 Å². The number of hydrogen-bond acceptors (Lipinski definition) is 4. The van der Waals surface area contributed by atoms with Gasteiger partial charge in [-0.2, -0.15) is 0 Å². The summed E-state index contributed by atoms with van der Waals surface area (Å²) in [4.78, 5) is 2.17. The zero-order valence-corrected chi connectivity index (χ0v) is 12.3. The first kappa shape index (κ1) is 14.8. The van der Waals surface area contributed by atoms with Gasteiger partial charge in [0.1, 0.15) is 5.76 Å². The SMILES string of the molecule is CN(C)C(CNS(=O)(=O)c1ccccc1)c1ccco1. The Bertz CT molecular complexity index is 622. The van der Waals surface area contributed by atoms with Gasteiger partial charge in [0, 0.05) is 6.54 Å². The molecule has 0 radical (unpaired) electrons. The van der Waals surface area contributed by atoms with Crippen LogP contribution in [0, 0.1) is 0 Å². The molecule has 108 valence electrons. The van der Waals surface area contributed by atoms with Gasteiger partial charge < -0.3 is 4.42 Å². The molecule has 6 heteroatoms. The van der Waals surface area contributed by atoms with Crippen molar-refractivity contribution >= 4 is 10.0 Å². The third kappa shape index (κ3) is 3.47. The molecular formula is C14H18N2O3S. The smallest absolute Gasteiger partial charge is 0.240 e. The Labute approximate surface area is 119 Å². The highest BCUT2D eigenvalue weighted by atomic mass is 32.2. The summed E-state index contributed by atoms with van der Waals surface area (Å²) >= 11 is 0. The number of likely N-dealkylation sites (N-methyl/N-ethyl adjacent to an activating group) is 1. The van der Waals surface area contributed by atoms with Crippen LogP contribution < -0.4 is 4.72 Å². The Hall–Kier alpha value is -1.63. The molecular weight excluding hydrogens is 276 g/mol. The molecule has 1 aromatic carbocycles. The summed E-state index contributed by atoms with van der Waals surface area (Å²) in [5, 5.41) is 0. The van der Waals surface area contributed by atoms with Crippen LogP contribution in [0.2, 0.25) is 0 Å². The van der Waals surface area contributed by atoms with Gasteiger partial charge in [0.25, 0.3) is 0 Å². The van der Waals surface area contributed by atoms with Crippen LogP contribution in [0.1, 0.15) is 11.8 Å². The Morgan fingerprint density at radius 1 is 1.15 bits per heavy atom. The highest BCUT2D eigenvalue weighted by Crippen LogP contribution is 2.18. The Balaban J connectivity index is 2.10. The van der Waals surface area contributed by atoms with Crippen molar-refractivity contribution in [3.05, 3.63) is 54.5 Å². The molecule has 5 nitrogen and oxygen atoms in total. The van der Waals surface area contributed by atoms with Gasteiger partial charge in [-0.1, -0.05) is 18.2 Å². The largest absolute Gasteiger partial charge is 0.468 e. The van der Waals surface area contributed by atoms with Crippen molar-refractivity contribution in [2.45, 2.75) is 10.9 Å². The van der Waals surface area contributed by atoms with Crippen molar-refractivity contribution in [1.82, 2.24) is 9.62 Å². The van der Waals surface area contributed by atoms with Gasteiger partial charge in [0.15, 0.2) is 0 Å². The van der Waals surface area contributed by atoms with E-state index in [0.717, 1.165) is 5.76 Å². The van der Waals surface area contributed by atoms with Gasteiger partial charge in [0.2, 0.25) is 10.0 Å². The van der Waals surface area contributed by atoms with Crippen LogP contribution in [0.15, 0.2) is 58.0 Å². The Morgan fingerprint density at radius 2 is 1.85 bits per heavy atom. The summed E-state index contributed by atoms with van der Waals surface area (Å²) in [6, 6.07) is 11.8. The van der Waals surface area contributed by atoms with E-state index in [1.807, 2.05) is 25.1 Å².